The number of aryl methyl sites for hydroxylation is 1. The van der Waals surface area contributed by atoms with Crippen LogP contribution in [0.25, 0.3) is 10.9 Å². The highest BCUT2D eigenvalue weighted by atomic mass is 35.5. The number of hydrogen-bond donors (Lipinski definition) is 0. The molecule has 0 radical (unpaired) electrons. The van der Waals surface area contributed by atoms with Gasteiger partial charge in [0, 0.05) is 16.6 Å². The van der Waals surface area contributed by atoms with Crippen molar-refractivity contribution in [2.45, 2.75) is 6.92 Å². The number of halogens is 2. The molecule has 0 amide bonds. The summed E-state index contributed by atoms with van der Waals surface area (Å²) in [6, 6.07) is 10.3. The topological polar surface area (TPSA) is 57.5 Å². The van der Waals surface area contributed by atoms with E-state index in [2.05, 4.69) is 0 Å². The van der Waals surface area contributed by atoms with Crippen molar-refractivity contribution in [3.05, 3.63) is 63.8 Å². The first kappa shape index (κ1) is 18.3. The number of rotatable bonds is 4. The van der Waals surface area contributed by atoms with Gasteiger partial charge in [0.05, 0.1) is 23.2 Å². The number of hydrogen-bond acceptors (Lipinski definition) is 4. The van der Waals surface area contributed by atoms with Gasteiger partial charge in [0.2, 0.25) is 0 Å². The lowest BCUT2D eigenvalue weighted by molar-refractivity contribution is 0.0603. The molecule has 0 aliphatic rings. The molecule has 2 aromatic carbocycles. The summed E-state index contributed by atoms with van der Waals surface area (Å²) in [5, 5.41) is 1.45. The van der Waals surface area contributed by atoms with Crippen LogP contribution in [0.1, 0.15) is 20.7 Å². The molecule has 0 fully saturated rings. The molecule has 0 atom stereocenters. The summed E-state index contributed by atoms with van der Waals surface area (Å²) < 4.78 is 11.8. The van der Waals surface area contributed by atoms with Gasteiger partial charge in [-0.05, 0) is 30.7 Å². The molecule has 0 spiro atoms. The van der Waals surface area contributed by atoms with Gasteiger partial charge in [-0.2, -0.15) is 0 Å². The third-order valence-electron chi connectivity index (χ3n) is 3.92. The molecular weight excluding hydrogens is 377 g/mol. The monoisotopic (exact) mass is 391 g/mol. The number of nitrogens with zero attached hydrogens (tertiary/aromatic N) is 1. The van der Waals surface area contributed by atoms with E-state index in [1.807, 2.05) is 0 Å². The zero-order valence-corrected chi connectivity index (χ0v) is 15.6. The lowest BCUT2D eigenvalue weighted by atomic mass is 10.2. The second-order valence-electron chi connectivity index (χ2n) is 5.64. The fourth-order valence-electron chi connectivity index (χ4n) is 2.73. The van der Waals surface area contributed by atoms with Crippen molar-refractivity contribution < 1.29 is 19.1 Å². The molecule has 134 valence electrons. The Labute approximate surface area is 160 Å². The molecule has 1 heterocycles. The molecule has 0 aliphatic heterocycles. The second-order valence-corrected chi connectivity index (χ2v) is 6.48. The normalized spacial score (nSPS) is 10.8. The third kappa shape index (κ3) is 3.41. The van der Waals surface area contributed by atoms with Gasteiger partial charge in [0.15, 0.2) is 6.61 Å². The highest BCUT2D eigenvalue weighted by Gasteiger charge is 2.19. The molecule has 0 unspecified atom stereocenters. The molecule has 3 rings (SSSR count). The number of para-hydroxylation sites is 1. The summed E-state index contributed by atoms with van der Waals surface area (Å²) in [6.45, 7) is 1.54. The maximum Gasteiger partial charge on any atom is 0.340 e. The number of benzene rings is 2. The van der Waals surface area contributed by atoms with E-state index in [1.54, 1.807) is 43.3 Å². The number of fused-ring (bicyclic) bond motifs is 1. The van der Waals surface area contributed by atoms with E-state index in [1.165, 1.54) is 17.9 Å². The minimum Gasteiger partial charge on any atom is -0.482 e. The SMILES string of the molecule is COC(=O)c1cn(C(=O)COc2c(C)cc(Cl)cc2Cl)c2ccccc12. The largest absolute Gasteiger partial charge is 0.482 e. The minimum absolute atomic E-state index is 0.249. The molecule has 0 aliphatic carbocycles. The van der Waals surface area contributed by atoms with E-state index >= 15 is 0 Å². The van der Waals surface area contributed by atoms with Crippen molar-refractivity contribution >= 4 is 46.0 Å². The van der Waals surface area contributed by atoms with Crippen LogP contribution in [0.3, 0.4) is 0 Å². The maximum atomic E-state index is 12.7. The Balaban J connectivity index is 1.91. The standard InChI is InChI=1S/C19H15Cl2NO4/c1-11-7-12(20)8-15(21)18(11)26-10-17(23)22-9-14(19(24)25-2)13-5-3-4-6-16(13)22/h3-9H,10H2,1-2H3. The van der Waals surface area contributed by atoms with Crippen molar-refractivity contribution in [3.8, 4) is 5.75 Å². The van der Waals surface area contributed by atoms with Crippen molar-refractivity contribution in [2.24, 2.45) is 0 Å². The number of methoxy groups -OCH3 is 1. The first-order chi connectivity index (χ1) is 12.4. The average molecular weight is 392 g/mol. The Morgan fingerprint density at radius 1 is 1.15 bits per heavy atom. The van der Waals surface area contributed by atoms with Crippen LogP contribution < -0.4 is 4.74 Å². The fourth-order valence-corrected chi connectivity index (χ4v) is 3.38. The lowest BCUT2D eigenvalue weighted by Crippen LogP contribution is -2.19. The molecule has 5 nitrogen and oxygen atoms in total. The minimum atomic E-state index is -0.509. The average Bonchev–Trinajstić information content (AvgIpc) is 2.99. The van der Waals surface area contributed by atoms with Gasteiger partial charge >= 0.3 is 5.97 Å². The number of ether oxygens (including phenoxy) is 2. The molecule has 0 saturated carbocycles. The first-order valence-corrected chi connectivity index (χ1v) is 8.48. The van der Waals surface area contributed by atoms with Gasteiger partial charge < -0.3 is 9.47 Å². The first-order valence-electron chi connectivity index (χ1n) is 7.72. The van der Waals surface area contributed by atoms with Gasteiger partial charge in [-0.1, -0.05) is 41.4 Å². The van der Waals surface area contributed by atoms with E-state index in [9.17, 15) is 9.59 Å². The molecule has 26 heavy (non-hydrogen) atoms. The number of carbonyl (C=O) groups excluding carboxylic acids is 2. The number of carbonyl (C=O) groups is 2. The Morgan fingerprint density at radius 3 is 2.58 bits per heavy atom. The summed E-state index contributed by atoms with van der Waals surface area (Å²) in [4.78, 5) is 24.6. The molecule has 0 N–H and O–H groups in total. The van der Waals surface area contributed by atoms with E-state index < -0.39 is 5.97 Å². The quantitative estimate of drug-likeness (QED) is 0.601. The second kappa shape index (κ2) is 7.40. The zero-order valence-electron chi connectivity index (χ0n) is 14.1. The fraction of sp³-hybridized carbons (Fsp3) is 0.158. The van der Waals surface area contributed by atoms with Gasteiger partial charge in [0.1, 0.15) is 5.75 Å². The van der Waals surface area contributed by atoms with Gasteiger partial charge in [-0.3, -0.25) is 9.36 Å². The Kier molecular flexibility index (Phi) is 5.20. The van der Waals surface area contributed by atoms with Crippen LogP contribution in [-0.4, -0.2) is 30.2 Å². The zero-order chi connectivity index (χ0) is 18.8. The smallest absolute Gasteiger partial charge is 0.340 e. The highest BCUT2D eigenvalue weighted by molar-refractivity contribution is 6.35. The molecular formula is C19H15Cl2NO4. The van der Waals surface area contributed by atoms with Crippen molar-refractivity contribution in [1.29, 1.82) is 0 Å². The van der Waals surface area contributed by atoms with Crippen LogP contribution in [-0.2, 0) is 4.74 Å². The number of esters is 1. The van der Waals surface area contributed by atoms with E-state index in [0.29, 0.717) is 32.3 Å². The Bertz CT molecular complexity index is 987. The van der Waals surface area contributed by atoms with Gasteiger partial charge in [-0.15, -0.1) is 0 Å². The predicted molar refractivity (Wildman–Crippen MR) is 101 cm³/mol. The van der Waals surface area contributed by atoms with E-state index in [-0.39, 0.29) is 12.5 Å². The Morgan fingerprint density at radius 2 is 1.88 bits per heavy atom. The summed E-state index contributed by atoms with van der Waals surface area (Å²) in [6.07, 6.45) is 1.46. The van der Waals surface area contributed by atoms with Crippen LogP contribution in [0, 0.1) is 6.92 Å². The van der Waals surface area contributed by atoms with Crippen molar-refractivity contribution in [2.75, 3.05) is 13.7 Å². The number of aromatic nitrogens is 1. The van der Waals surface area contributed by atoms with Crippen LogP contribution >= 0.6 is 23.2 Å². The Hall–Kier alpha value is -2.50. The molecule has 0 saturated heterocycles. The summed E-state index contributed by atoms with van der Waals surface area (Å²) >= 11 is 12.1. The predicted octanol–water partition coefficient (Wildman–Crippen LogP) is 4.76. The maximum absolute atomic E-state index is 12.7. The van der Waals surface area contributed by atoms with Crippen LogP contribution in [0.2, 0.25) is 10.0 Å². The molecule has 3 aromatic rings. The van der Waals surface area contributed by atoms with Gasteiger partial charge in [0.25, 0.3) is 5.91 Å². The summed E-state index contributed by atoms with van der Waals surface area (Å²) in [5.74, 6) is -0.457. The molecule has 0 bridgehead atoms. The molecule has 1 aromatic heterocycles. The van der Waals surface area contributed by atoms with E-state index in [4.69, 9.17) is 32.7 Å². The van der Waals surface area contributed by atoms with Crippen molar-refractivity contribution in [3.63, 3.8) is 0 Å². The third-order valence-corrected chi connectivity index (χ3v) is 4.42. The lowest BCUT2D eigenvalue weighted by Gasteiger charge is -2.11. The highest BCUT2D eigenvalue weighted by Crippen LogP contribution is 2.32. The summed E-state index contributed by atoms with van der Waals surface area (Å²) in [5.41, 5.74) is 1.64. The molecule has 7 heteroatoms. The van der Waals surface area contributed by atoms with Crippen molar-refractivity contribution in [1.82, 2.24) is 4.57 Å². The van der Waals surface area contributed by atoms with Gasteiger partial charge in [-0.25, -0.2) is 4.79 Å². The van der Waals surface area contributed by atoms with Crippen LogP contribution in [0.5, 0.6) is 5.75 Å². The van der Waals surface area contributed by atoms with Crippen LogP contribution in [0.15, 0.2) is 42.6 Å². The van der Waals surface area contributed by atoms with Crippen LogP contribution in [0.4, 0.5) is 0 Å². The van der Waals surface area contributed by atoms with E-state index in [0.717, 1.165) is 5.56 Å². The summed E-state index contributed by atoms with van der Waals surface area (Å²) in [7, 11) is 1.30.